The van der Waals surface area contributed by atoms with Crippen LogP contribution in [0.5, 0.6) is 0 Å². The quantitative estimate of drug-likeness (QED) is 0.354. The van der Waals surface area contributed by atoms with Gasteiger partial charge in [0.15, 0.2) is 6.29 Å². The molecule has 0 atom stereocenters. The lowest BCUT2D eigenvalue weighted by molar-refractivity contribution is -0.0668. The molecule has 0 saturated carbocycles. The minimum absolute atomic E-state index is 0.0119. The maximum Gasteiger partial charge on any atom is 0.264 e. The molecule has 0 N–H and O–H groups in total. The van der Waals surface area contributed by atoms with E-state index in [-0.39, 0.29) is 6.61 Å². The Hall–Kier alpha value is -0.430. The zero-order valence-corrected chi connectivity index (χ0v) is 8.71. The van der Waals surface area contributed by atoms with Crippen molar-refractivity contribution in [2.75, 3.05) is 27.1 Å². The van der Waals surface area contributed by atoms with Crippen molar-refractivity contribution in [3.63, 3.8) is 0 Å². The van der Waals surface area contributed by atoms with Crippen molar-refractivity contribution in [1.29, 1.82) is 0 Å². The summed E-state index contributed by atoms with van der Waals surface area (Å²) >= 11 is 0. The molecule has 0 rings (SSSR count). The van der Waals surface area contributed by atoms with E-state index in [4.69, 9.17) is 9.47 Å². The summed E-state index contributed by atoms with van der Waals surface area (Å²) in [4.78, 5) is 0. The van der Waals surface area contributed by atoms with Gasteiger partial charge in [0.25, 0.3) is 10.1 Å². The van der Waals surface area contributed by atoms with Gasteiger partial charge in [-0.25, -0.2) is 0 Å². The third-order valence-electron chi connectivity index (χ3n) is 1.14. The lowest BCUT2D eigenvalue weighted by Crippen LogP contribution is -2.09. The van der Waals surface area contributed by atoms with E-state index in [0.717, 1.165) is 6.26 Å². The fraction of sp³-hybridized carbons (Fsp3) is 0.714. The van der Waals surface area contributed by atoms with E-state index in [1.165, 1.54) is 20.3 Å². The fourth-order valence-electron chi connectivity index (χ4n) is 0.583. The van der Waals surface area contributed by atoms with Crippen molar-refractivity contribution < 1.29 is 22.1 Å². The van der Waals surface area contributed by atoms with E-state index >= 15 is 0 Å². The van der Waals surface area contributed by atoms with Gasteiger partial charge in [0.2, 0.25) is 0 Å². The highest BCUT2D eigenvalue weighted by Gasteiger charge is 2.00. The molecule has 0 aromatic carbocycles. The van der Waals surface area contributed by atoms with Crippen LogP contribution in [0.15, 0.2) is 12.2 Å². The molecular formula is C7H14O5S. The molecule has 0 fully saturated rings. The number of hydrogen-bond donors (Lipinski definition) is 0. The van der Waals surface area contributed by atoms with Gasteiger partial charge >= 0.3 is 0 Å². The Morgan fingerprint density at radius 1 is 1.31 bits per heavy atom. The summed E-state index contributed by atoms with van der Waals surface area (Å²) in [6, 6.07) is 0. The van der Waals surface area contributed by atoms with E-state index in [0.29, 0.717) is 0 Å². The van der Waals surface area contributed by atoms with Crippen LogP contribution in [-0.2, 0) is 23.8 Å². The molecule has 6 heteroatoms. The zero-order valence-electron chi connectivity index (χ0n) is 7.89. The summed E-state index contributed by atoms with van der Waals surface area (Å²) in [5.74, 6) is 0. The Kier molecular flexibility index (Phi) is 5.89. The predicted octanol–water partition coefficient (Wildman–Crippen LogP) is 0.138. The van der Waals surface area contributed by atoms with Crippen molar-refractivity contribution in [3.05, 3.63) is 12.2 Å². The van der Waals surface area contributed by atoms with Crippen molar-refractivity contribution in [3.8, 4) is 0 Å². The van der Waals surface area contributed by atoms with E-state index in [1.807, 2.05) is 0 Å². The van der Waals surface area contributed by atoms with Crippen molar-refractivity contribution in [2.24, 2.45) is 0 Å². The van der Waals surface area contributed by atoms with Gasteiger partial charge in [-0.15, -0.1) is 0 Å². The van der Waals surface area contributed by atoms with Gasteiger partial charge in [0.05, 0.1) is 12.9 Å². The third kappa shape index (κ3) is 7.92. The SMILES string of the molecule is COC(C=CCOS(C)(=O)=O)OC. The largest absolute Gasteiger partial charge is 0.352 e. The average molecular weight is 210 g/mol. The Morgan fingerprint density at radius 3 is 2.23 bits per heavy atom. The van der Waals surface area contributed by atoms with E-state index in [9.17, 15) is 8.42 Å². The van der Waals surface area contributed by atoms with Crippen LogP contribution in [0.3, 0.4) is 0 Å². The van der Waals surface area contributed by atoms with Gasteiger partial charge in [-0.3, -0.25) is 4.18 Å². The highest BCUT2D eigenvalue weighted by atomic mass is 32.2. The summed E-state index contributed by atoms with van der Waals surface area (Å²) in [5.41, 5.74) is 0. The van der Waals surface area contributed by atoms with Crippen LogP contribution < -0.4 is 0 Å². The molecule has 78 valence electrons. The molecule has 0 heterocycles. The fourth-order valence-corrected chi connectivity index (χ4v) is 0.909. The number of rotatable bonds is 6. The van der Waals surface area contributed by atoms with Gasteiger partial charge in [-0.05, 0) is 6.08 Å². The first-order chi connectivity index (χ1) is 5.99. The van der Waals surface area contributed by atoms with Gasteiger partial charge in [0, 0.05) is 14.2 Å². The van der Waals surface area contributed by atoms with Crippen LogP contribution >= 0.6 is 0 Å². The van der Waals surface area contributed by atoms with Gasteiger partial charge in [0.1, 0.15) is 0 Å². The molecule has 0 aromatic heterocycles. The first kappa shape index (κ1) is 12.6. The molecule has 0 aliphatic heterocycles. The number of ether oxygens (including phenoxy) is 2. The maximum atomic E-state index is 10.5. The molecule has 0 bridgehead atoms. The van der Waals surface area contributed by atoms with E-state index in [2.05, 4.69) is 4.18 Å². The number of hydrogen-bond acceptors (Lipinski definition) is 5. The normalized spacial score (nSPS) is 12.9. The lowest BCUT2D eigenvalue weighted by atomic mass is 10.5. The minimum atomic E-state index is -3.37. The van der Waals surface area contributed by atoms with Crippen LogP contribution in [0.2, 0.25) is 0 Å². The summed E-state index contributed by atoms with van der Waals surface area (Å²) in [7, 11) is -0.404. The lowest BCUT2D eigenvalue weighted by Gasteiger charge is -2.06. The van der Waals surface area contributed by atoms with Crippen LogP contribution in [0.25, 0.3) is 0 Å². The average Bonchev–Trinajstić information content (AvgIpc) is 2.03. The molecule has 0 amide bonds. The zero-order chi connectivity index (χ0) is 10.3. The van der Waals surface area contributed by atoms with Crippen molar-refractivity contribution in [1.82, 2.24) is 0 Å². The Bertz CT molecular complexity index is 240. The summed E-state index contributed by atoms with van der Waals surface area (Å²) in [6.45, 7) is -0.0119. The van der Waals surface area contributed by atoms with E-state index in [1.54, 1.807) is 6.08 Å². The summed E-state index contributed by atoms with van der Waals surface area (Å²) in [5, 5.41) is 0. The molecule has 0 aliphatic carbocycles. The molecule has 0 radical (unpaired) electrons. The predicted molar refractivity (Wildman–Crippen MR) is 47.7 cm³/mol. The molecule has 13 heavy (non-hydrogen) atoms. The summed E-state index contributed by atoms with van der Waals surface area (Å²) < 4.78 is 35.1. The molecule has 0 spiro atoms. The second kappa shape index (κ2) is 6.09. The van der Waals surface area contributed by atoms with Crippen LogP contribution in [0, 0.1) is 0 Å². The highest BCUT2D eigenvalue weighted by Crippen LogP contribution is 1.93. The highest BCUT2D eigenvalue weighted by molar-refractivity contribution is 7.85. The van der Waals surface area contributed by atoms with Crippen LogP contribution in [0.1, 0.15) is 0 Å². The molecule has 5 nitrogen and oxygen atoms in total. The van der Waals surface area contributed by atoms with Crippen LogP contribution in [0.4, 0.5) is 0 Å². The first-order valence-corrected chi connectivity index (χ1v) is 5.38. The summed E-state index contributed by atoms with van der Waals surface area (Å²) in [6.07, 6.45) is 3.60. The third-order valence-corrected chi connectivity index (χ3v) is 1.70. The molecule has 0 aliphatic rings. The first-order valence-electron chi connectivity index (χ1n) is 3.56. The van der Waals surface area contributed by atoms with Gasteiger partial charge in [-0.2, -0.15) is 8.42 Å². The minimum Gasteiger partial charge on any atom is -0.352 e. The van der Waals surface area contributed by atoms with Gasteiger partial charge < -0.3 is 9.47 Å². The van der Waals surface area contributed by atoms with Crippen molar-refractivity contribution in [2.45, 2.75) is 6.29 Å². The second-order valence-corrected chi connectivity index (χ2v) is 3.90. The maximum absolute atomic E-state index is 10.5. The van der Waals surface area contributed by atoms with Crippen molar-refractivity contribution >= 4 is 10.1 Å². The van der Waals surface area contributed by atoms with E-state index < -0.39 is 16.4 Å². The Balaban J connectivity index is 3.75. The molecule has 0 aromatic rings. The Labute approximate surface area is 78.4 Å². The van der Waals surface area contributed by atoms with Gasteiger partial charge in [-0.1, -0.05) is 6.08 Å². The van der Waals surface area contributed by atoms with Crippen LogP contribution in [-0.4, -0.2) is 41.8 Å². The molecule has 0 saturated heterocycles. The Morgan fingerprint density at radius 2 is 1.85 bits per heavy atom. The molecular weight excluding hydrogens is 196 g/mol. The molecule has 0 unspecified atom stereocenters. The number of methoxy groups -OCH3 is 2. The smallest absolute Gasteiger partial charge is 0.264 e. The second-order valence-electron chi connectivity index (χ2n) is 2.26. The topological polar surface area (TPSA) is 61.8 Å². The monoisotopic (exact) mass is 210 g/mol. The standard InChI is InChI=1S/C7H14O5S/c1-10-7(11-2)5-4-6-12-13(3,8)9/h4-5,7H,6H2,1-3H3.